The van der Waals surface area contributed by atoms with Crippen LogP contribution in [0.25, 0.3) is 0 Å². The summed E-state index contributed by atoms with van der Waals surface area (Å²) >= 11 is 0. The van der Waals surface area contributed by atoms with Crippen LogP contribution in [0.1, 0.15) is 20.3 Å². The molecule has 0 aromatic rings. The Kier molecular flexibility index (Phi) is 6.38. The molecular weight excluding hydrogens is 232 g/mol. The first-order valence-corrected chi connectivity index (χ1v) is 6.55. The standard InChI is InChI=1S/C12H26N4O2/c1-12(2,11(13)15-17)3-4-14-5-6-16-7-9-18-10-8-16/h14,17H,3-10H2,1-2H3,(H2,13,15). The third-order valence-corrected chi connectivity index (χ3v) is 3.44. The minimum Gasteiger partial charge on any atom is -0.409 e. The van der Waals surface area contributed by atoms with Gasteiger partial charge in [0, 0.05) is 31.6 Å². The van der Waals surface area contributed by atoms with Crippen LogP contribution in [-0.4, -0.2) is 61.9 Å². The van der Waals surface area contributed by atoms with Gasteiger partial charge in [0.1, 0.15) is 5.84 Å². The fourth-order valence-corrected chi connectivity index (χ4v) is 1.85. The number of hydrogen-bond donors (Lipinski definition) is 3. The van der Waals surface area contributed by atoms with Crippen molar-refractivity contribution in [3.8, 4) is 0 Å². The number of rotatable bonds is 7. The molecule has 1 aliphatic heterocycles. The Balaban J connectivity index is 2.07. The van der Waals surface area contributed by atoms with E-state index >= 15 is 0 Å². The maximum absolute atomic E-state index is 8.67. The molecule has 1 fully saturated rings. The molecule has 0 spiro atoms. The summed E-state index contributed by atoms with van der Waals surface area (Å²) in [6, 6.07) is 0. The van der Waals surface area contributed by atoms with E-state index in [2.05, 4.69) is 15.4 Å². The normalized spacial score (nSPS) is 19.1. The Morgan fingerprint density at radius 1 is 1.39 bits per heavy atom. The van der Waals surface area contributed by atoms with Gasteiger partial charge in [0.2, 0.25) is 0 Å². The smallest absolute Gasteiger partial charge is 0.144 e. The monoisotopic (exact) mass is 258 g/mol. The summed E-state index contributed by atoms with van der Waals surface area (Å²) in [5.74, 6) is 0.289. The van der Waals surface area contributed by atoms with Crippen LogP contribution in [-0.2, 0) is 4.74 Å². The van der Waals surface area contributed by atoms with E-state index in [4.69, 9.17) is 15.7 Å². The molecule has 4 N–H and O–H groups in total. The van der Waals surface area contributed by atoms with Crippen LogP contribution in [0.4, 0.5) is 0 Å². The highest BCUT2D eigenvalue weighted by atomic mass is 16.5. The highest BCUT2D eigenvalue weighted by molar-refractivity contribution is 5.85. The second kappa shape index (κ2) is 7.56. The van der Waals surface area contributed by atoms with E-state index in [-0.39, 0.29) is 11.3 Å². The average Bonchev–Trinajstić information content (AvgIpc) is 2.38. The van der Waals surface area contributed by atoms with Crippen LogP contribution in [0, 0.1) is 5.41 Å². The van der Waals surface area contributed by atoms with E-state index < -0.39 is 0 Å². The van der Waals surface area contributed by atoms with Crippen molar-refractivity contribution in [3.63, 3.8) is 0 Å². The minimum atomic E-state index is -0.263. The van der Waals surface area contributed by atoms with Crippen LogP contribution in [0.3, 0.4) is 0 Å². The molecule has 6 heteroatoms. The van der Waals surface area contributed by atoms with Crippen molar-refractivity contribution in [2.75, 3.05) is 45.9 Å². The summed E-state index contributed by atoms with van der Waals surface area (Å²) < 4.78 is 5.30. The molecule has 106 valence electrons. The maximum Gasteiger partial charge on any atom is 0.144 e. The van der Waals surface area contributed by atoms with Crippen LogP contribution in [0.5, 0.6) is 0 Å². The second-order valence-electron chi connectivity index (χ2n) is 5.32. The Morgan fingerprint density at radius 3 is 2.67 bits per heavy atom. The van der Waals surface area contributed by atoms with Gasteiger partial charge < -0.3 is 21.0 Å². The summed E-state index contributed by atoms with van der Waals surface area (Å²) in [6.07, 6.45) is 0.853. The van der Waals surface area contributed by atoms with E-state index in [1.165, 1.54) is 0 Å². The van der Waals surface area contributed by atoms with E-state index in [9.17, 15) is 0 Å². The molecule has 1 aliphatic rings. The molecule has 0 unspecified atom stereocenters. The predicted molar refractivity (Wildman–Crippen MR) is 71.9 cm³/mol. The van der Waals surface area contributed by atoms with Gasteiger partial charge in [-0.05, 0) is 13.0 Å². The Labute approximate surface area is 109 Å². The molecule has 6 nitrogen and oxygen atoms in total. The predicted octanol–water partition coefficient (Wildman–Crippen LogP) is 0.0709. The molecule has 1 rings (SSSR count). The van der Waals surface area contributed by atoms with Crippen LogP contribution < -0.4 is 11.1 Å². The van der Waals surface area contributed by atoms with Crippen LogP contribution in [0.15, 0.2) is 5.16 Å². The number of amidine groups is 1. The first-order chi connectivity index (χ1) is 8.56. The Bertz CT molecular complexity index is 263. The zero-order chi connectivity index (χ0) is 13.4. The van der Waals surface area contributed by atoms with Crippen molar-refractivity contribution in [2.45, 2.75) is 20.3 Å². The largest absolute Gasteiger partial charge is 0.409 e. The zero-order valence-corrected chi connectivity index (χ0v) is 11.5. The molecular formula is C12H26N4O2. The topological polar surface area (TPSA) is 83.1 Å². The zero-order valence-electron chi connectivity index (χ0n) is 11.5. The van der Waals surface area contributed by atoms with Crippen LogP contribution in [0.2, 0.25) is 0 Å². The molecule has 1 heterocycles. The second-order valence-corrected chi connectivity index (χ2v) is 5.32. The molecule has 18 heavy (non-hydrogen) atoms. The first kappa shape index (κ1) is 15.2. The lowest BCUT2D eigenvalue weighted by atomic mass is 9.88. The number of nitrogens with one attached hydrogen (secondary N) is 1. The lowest BCUT2D eigenvalue weighted by Crippen LogP contribution is -2.41. The number of morpholine rings is 1. The van der Waals surface area contributed by atoms with Gasteiger partial charge >= 0.3 is 0 Å². The van der Waals surface area contributed by atoms with Gasteiger partial charge in [-0.15, -0.1) is 0 Å². The van der Waals surface area contributed by atoms with Crippen molar-refractivity contribution in [2.24, 2.45) is 16.3 Å². The van der Waals surface area contributed by atoms with Crippen molar-refractivity contribution >= 4 is 5.84 Å². The SMILES string of the molecule is CC(C)(CCNCCN1CCOCC1)C(N)=NO. The summed E-state index contributed by atoms with van der Waals surface area (Å²) in [7, 11) is 0. The summed E-state index contributed by atoms with van der Waals surface area (Å²) in [5, 5.41) is 15.1. The van der Waals surface area contributed by atoms with E-state index in [0.29, 0.717) is 0 Å². The third-order valence-electron chi connectivity index (χ3n) is 3.44. The van der Waals surface area contributed by atoms with Gasteiger partial charge in [0.05, 0.1) is 13.2 Å². The van der Waals surface area contributed by atoms with Gasteiger partial charge in [-0.2, -0.15) is 0 Å². The van der Waals surface area contributed by atoms with Crippen molar-refractivity contribution < 1.29 is 9.94 Å². The average molecular weight is 258 g/mol. The van der Waals surface area contributed by atoms with E-state index in [1.807, 2.05) is 13.8 Å². The van der Waals surface area contributed by atoms with Gasteiger partial charge in [-0.1, -0.05) is 19.0 Å². The van der Waals surface area contributed by atoms with Crippen LogP contribution >= 0.6 is 0 Å². The first-order valence-electron chi connectivity index (χ1n) is 6.55. The fraction of sp³-hybridized carbons (Fsp3) is 0.917. The number of nitrogens with two attached hydrogens (primary N) is 1. The van der Waals surface area contributed by atoms with E-state index in [1.54, 1.807) is 0 Å². The molecule has 0 aliphatic carbocycles. The van der Waals surface area contributed by atoms with Crippen molar-refractivity contribution in [1.82, 2.24) is 10.2 Å². The lowest BCUT2D eigenvalue weighted by Gasteiger charge is -2.27. The number of oxime groups is 1. The Hall–Kier alpha value is -0.850. The van der Waals surface area contributed by atoms with E-state index in [0.717, 1.165) is 52.4 Å². The third kappa shape index (κ3) is 5.20. The summed E-state index contributed by atoms with van der Waals surface area (Å²) in [4.78, 5) is 2.39. The maximum atomic E-state index is 8.67. The highest BCUT2D eigenvalue weighted by Crippen LogP contribution is 2.19. The highest BCUT2D eigenvalue weighted by Gasteiger charge is 2.22. The molecule has 0 aromatic carbocycles. The number of hydrogen-bond acceptors (Lipinski definition) is 5. The van der Waals surface area contributed by atoms with Gasteiger partial charge in [0.25, 0.3) is 0 Å². The molecule has 0 aromatic heterocycles. The van der Waals surface area contributed by atoms with Gasteiger partial charge in [-0.25, -0.2) is 0 Å². The van der Waals surface area contributed by atoms with Crippen molar-refractivity contribution in [1.29, 1.82) is 0 Å². The number of nitrogens with zero attached hydrogens (tertiary/aromatic N) is 2. The molecule has 0 amide bonds. The molecule has 0 bridgehead atoms. The molecule has 0 saturated carbocycles. The quantitative estimate of drug-likeness (QED) is 0.198. The summed E-state index contributed by atoms with van der Waals surface area (Å²) in [6.45, 7) is 10.6. The van der Waals surface area contributed by atoms with Gasteiger partial charge in [0.15, 0.2) is 0 Å². The lowest BCUT2D eigenvalue weighted by molar-refractivity contribution is 0.0384. The number of ether oxygens (including phenoxy) is 1. The Morgan fingerprint density at radius 2 is 2.06 bits per heavy atom. The molecule has 1 saturated heterocycles. The fourth-order valence-electron chi connectivity index (χ4n) is 1.85. The molecule has 0 atom stereocenters. The van der Waals surface area contributed by atoms with Gasteiger partial charge in [-0.3, -0.25) is 4.90 Å². The molecule has 0 radical (unpaired) electrons. The summed E-state index contributed by atoms with van der Waals surface area (Å²) in [5.41, 5.74) is 5.37. The minimum absolute atomic E-state index is 0.263. The van der Waals surface area contributed by atoms with Crippen molar-refractivity contribution in [3.05, 3.63) is 0 Å².